The second kappa shape index (κ2) is 8.53. The second-order valence-corrected chi connectivity index (χ2v) is 7.36. The summed E-state index contributed by atoms with van der Waals surface area (Å²) < 4.78 is 42.3. The highest BCUT2D eigenvalue weighted by molar-refractivity contribution is 6.09. The van der Waals surface area contributed by atoms with Crippen molar-refractivity contribution in [2.24, 2.45) is 5.92 Å². The van der Waals surface area contributed by atoms with E-state index in [1.54, 1.807) is 4.90 Å². The molecule has 0 bridgehead atoms. The number of rotatable bonds is 5. The summed E-state index contributed by atoms with van der Waals surface area (Å²) in [6.07, 6.45) is 2.57. The first-order valence-electron chi connectivity index (χ1n) is 9.28. The van der Waals surface area contributed by atoms with Gasteiger partial charge in [0.25, 0.3) is 0 Å². The van der Waals surface area contributed by atoms with Crippen molar-refractivity contribution in [3.63, 3.8) is 0 Å². The van der Waals surface area contributed by atoms with E-state index in [4.69, 9.17) is 0 Å². The van der Waals surface area contributed by atoms with E-state index in [1.807, 2.05) is 0 Å². The Morgan fingerprint density at radius 2 is 1.46 bits per heavy atom. The van der Waals surface area contributed by atoms with Crippen molar-refractivity contribution in [1.82, 2.24) is 4.90 Å². The second-order valence-electron chi connectivity index (χ2n) is 7.36. The van der Waals surface area contributed by atoms with Crippen LogP contribution in [0.1, 0.15) is 28.8 Å². The van der Waals surface area contributed by atoms with Gasteiger partial charge in [-0.25, -0.2) is 13.2 Å². The Hall–Kier alpha value is -2.05. The van der Waals surface area contributed by atoms with Gasteiger partial charge in [-0.2, -0.15) is 0 Å². The summed E-state index contributed by atoms with van der Waals surface area (Å²) in [5.74, 6) is -1.69. The summed E-state index contributed by atoms with van der Waals surface area (Å²) in [6, 6.07) is 7.05. The van der Waals surface area contributed by atoms with Crippen LogP contribution in [-0.4, -0.2) is 43.4 Å². The van der Waals surface area contributed by atoms with E-state index in [0.717, 1.165) is 49.8 Å². The third-order valence-electron chi connectivity index (χ3n) is 5.29. The molecule has 1 aliphatic carbocycles. The number of piperazine rings is 1. The fourth-order valence-corrected chi connectivity index (χ4v) is 3.59. The first-order valence-corrected chi connectivity index (χ1v) is 9.28. The molecule has 2 aromatic rings. The number of carbonyl (C=O) groups is 1. The van der Waals surface area contributed by atoms with Gasteiger partial charge in [-0.05, 0) is 55.2 Å². The summed E-state index contributed by atoms with van der Waals surface area (Å²) in [7, 11) is 0. The summed E-state index contributed by atoms with van der Waals surface area (Å²) in [5, 5.41) is 0. The van der Waals surface area contributed by atoms with Crippen LogP contribution < -0.4 is 4.90 Å². The Balaban J connectivity index is 0.00000225. The van der Waals surface area contributed by atoms with Gasteiger partial charge in [0.05, 0.1) is 0 Å². The zero-order valence-corrected chi connectivity index (χ0v) is 16.2. The van der Waals surface area contributed by atoms with Crippen molar-refractivity contribution < 1.29 is 18.0 Å². The highest BCUT2D eigenvalue weighted by atomic mass is 35.5. The first kappa shape index (κ1) is 20.7. The summed E-state index contributed by atoms with van der Waals surface area (Å²) in [4.78, 5) is 16.5. The predicted molar refractivity (Wildman–Crippen MR) is 105 cm³/mol. The number of anilines is 1. The van der Waals surface area contributed by atoms with E-state index < -0.39 is 23.2 Å². The van der Waals surface area contributed by atoms with Crippen molar-refractivity contribution >= 4 is 23.9 Å². The maximum Gasteiger partial charge on any atom is 0.193 e. The van der Waals surface area contributed by atoms with Gasteiger partial charge in [-0.15, -0.1) is 12.4 Å². The number of hydrogen-bond acceptors (Lipinski definition) is 3. The molecule has 0 amide bonds. The summed E-state index contributed by atoms with van der Waals surface area (Å²) in [5.41, 5.74) is 0.0427. The van der Waals surface area contributed by atoms with Crippen molar-refractivity contribution in [3.8, 4) is 0 Å². The minimum absolute atomic E-state index is 0. The molecule has 3 nitrogen and oxygen atoms in total. The van der Waals surface area contributed by atoms with Crippen LogP contribution in [0.2, 0.25) is 0 Å². The number of hydrogen-bond donors (Lipinski definition) is 0. The van der Waals surface area contributed by atoms with Gasteiger partial charge in [0, 0.05) is 43.9 Å². The minimum atomic E-state index is -0.740. The zero-order valence-electron chi connectivity index (χ0n) is 15.3. The lowest BCUT2D eigenvalue weighted by Gasteiger charge is -2.36. The molecule has 0 radical (unpaired) electrons. The van der Waals surface area contributed by atoms with Crippen LogP contribution in [0.4, 0.5) is 18.9 Å². The number of ketones is 1. The quantitative estimate of drug-likeness (QED) is 0.687. The van der Waals surface area contributed by atoms with Crippen molar-refractivity contribution in [3.05, 3.63) is 65.0 Å². The smallest absolute Gasteiger partial charge is 0.193 e. The van der Waals surface area contributed by atoms with Gasteiger partial charge < -0.3 is 4.90 Å². The molecule has 0 spiro atoms. The number of carbonyl (C=O) groups excluding carboxylic acids is 1. The van der Waals surface area contributed by atoms with Gasteiger partial charge in [0.15, 0.2) is 5.78 Å². The Labute approximate surface area is 168 Å². The van der Waals surface area contributed by atoms with Gasteiger partial charge in [-0.1, -0.05) is 0 Å². The van der Waals surface area contributed by atoms with E-state index in [0.29, 0.717) is 13.1 Å². The lowest BCUT2D eigenvalue weighted by molar-refractivity contribution is 0.103. The molecule has 0 aromatic heterocycles. The standard InChI is InChI=1S/C21H21F3N2O.ClH/c22-17-5-3-15(4-6-17)21(27)16-11-18(23)20(19(24)12-16)26-9-7-25(8-10-26)13-14-1-2-14;/h3-6,11-12,14H,1-2,7-10,13H2;1H. The van der Waals surface area contributed by atoms with Crippen LogP contribution in [0, 0.1) is 23.4 Å². The molecule has 7 heteroatoms. The molecular formula is C21H22ClF3N2O. The summed E-state index contributed by atoms with van der Waals surface area (Å²) >= 11 is 0. The van der Waals surface area contributed by atoms with E-state index in [1.165, 1.54) is 25.0 Å². The molecule has 2 aromatic carbocycles. The zero-order chi connectivity index (χ0) is 19.0. The monoisotopic (exact) mass is 410 g/mol. The fraction of sp³-hybridized carbons (Fsp3) is 0.381. The Kier molecular flexibility index (Phi) is 6.30. The predicted octanol–water partition coefficient (Wildman–Crippen LogP) is 4.29. The highest BCUT2D eigenvalue weighted by Crippen LogP contribution is 2.31. The third kappa shape index (κ3) is 4.50. The van der Waals surface area contributed by atoms with Crippen LogP contribution in [-0.2, 0) is 0 Å². The average molecular weight is 411 g/mol. The van der Waals surface area contributed by atoms with Crippen LogP contribution in [0.3, 0.4) is 0 Å². The van der Waals surface area contributed by atoms with E-state index in [2.05, 4.69) is 4.90 Å². The molecule has 28 heavy (non-hydrogen) atoms. The van der Waals surface area contributed by atoms with Crippen LogP contribution in [0.15, 0.2) is 36.4 Å². The Morgan fingerprint density at radius 1 is 0.893 bits per heavy atom. The van der Waals surface area contributed by atoms with Crippen molar-refractivity contribution in [2.75, 3.05) is 37.6 Å². The maximum absolute atomic E-state index is 14.6. The molecule has 2 fully saturated rings. The molecule has 2 aliphatic rings. The third-order valence-corrected chi connectivity index (χ3v) is 5.29. The minimum Gasteiger partial charge on any atom is -0.364 e. The lowest BCUT2D eigenvalue weighted by Crippen LogP contribution is -2.47. The maximum atomic E-state index is 14.6. The number of benzene rings is 2. The van der Waals surface area contributed by atoms with E-state index in [-0.39, 0.29) is 29.2 Å². The van der Waals surface area contributed by atoms with Gasteiger partial charge in [0.2, 0.25) is 0 Å². The molecule has 1 aliphatic heterocycles. The van der Waals surface area contributed by atoms with Gasteiger partial charge in [0.1, 0.15) is 23.1 Å². The van der Waals surface area contributed by atoms with Crippen LogP contribution in [0.25, 0.3) is 0 Å². The van der Waals surface area contributed by atoms with Gasteiger partial charge >= 0.3 is 0 Å². The van der Waals surface area contributed by atoms with Crippen molar-refractivity contribution in [2.45, 2.75) is 12.8 Å². The van der Waals surface area contributed by atoms with E-state index >= 15 is 0 Å². The lowest BCUT2D eigenvalue weighted by atomic mass is 10.0. The van der Waals surface area contributed by atoms with Crippen LogP contribution >= 0.6 is 12.4 Å². The topological polar surface area (TPSA) is 23.6 Å². The normalized spacial score (nSPS) is 17.3. The molecule has 0 atom stereocenters. The molecule has 1 saturated heterocycles. The first-order chi connectivity index (χ1) is 13.0. The molecular weight excluding hydrogens is 389 g/mol. The largest absolute Gasteiger partial charge is 0.364 e. The molecule has 4 rings (SSSR count). The highest BCUT2D eigenvalue weighted by Gasteiger charge is 2.28. The van der Waals surface area contributed by atoms with Crippen LogP contribution in [0.5, 0.6) is 0 Å². The Bertz CT molecular complexity index is 824. The fourth-order valence-electron chi connectivity index (χ4n) is 3.59. The molecule has 0 N–H and O–H groups in total. The molecule has 1 saturated carbocycles. The van der Waals surface area contributed by atoms with Gasteiger partial charge in [-0.3, -0.25) is 9.69 Å². The Morgan fingerprint density at radius 3 is 2.00 bits per heavy atom. The van der Waals surface area contributed by atoms with Crippen molar-refractivity contribution in [1.29, 1.82) is 0 Å². The SMILES string of the molecule is Cl.O=C(c1ccc(F)cc1)c1cc(F)c(N2CCN(CC3CC3)CC2)c(F)c1. The average Bonchev–Trinajstić information content (AvgIpc) is 3.46. The molecule has 0 unspecified atom stereocenters. The number of halogens is 4. The summed E-state index contributed by atoms with van der Waals surface area (Å²) in [6.45, 7) is 3.76. The number of nitrogens with zero attached hydrogens (tertiary/aromatic N) is 2. The van der Waals surface area contributed by atoms with E-state index in [9.17, 15) is 18.0 Å². The molecule has 1 heterocycles. The molecule has 150 valence electrons.